The van der Waals surface area contributed by atoms with Crippen molar-refractivity contribution in [1.29, 1.82) is 0 Å². The molecule has 1 saturated heterocycles. The van der Waals surface area contributed by atoms with Gasteiger partial charge in [0.05, 0.1) is 23.5 Å². The van der Waals surface area contributed by atoms with E-state index < -0.39 is 22.7 Å². The van der Waals surface area contributed by atoms with Gasteiger partial charge in [-0.05, 0) is 64.7 Å². The van der Waals surface area contributed by atoms with Crippen LogP contribution in [0.2, 0.25) is 11.3 Å². The number of ether oxygens (including phenoxy) is 1. The number of carboxylic acids is 1. The third kappa shape index (κ3) is 7.79. The van der Waals surface area contributed by atoms with Gasteiger partial charge in [0.1, 0.15) is 5.75 Å². The predicted molar refractivity (Wildman–Crippen MR) is 165 cm³/mol. The van der Waals surface area contributed by atoms with Gasteiger partial charge in [-0.2, -0.15) is 0 Å². The molecule has 1 atom stereocenters. The standard InChI is InChI=1S/C33H39BClNO5/c1-31(2)32(3,4)41-34(40-31)23-12-11-21-33(30(37)38,22-24-39-28-19-17-27(35)18-20-28)36-29(25-13-7-5-8-14-25)26-15-9-6-10-16-26/h5-10,13-20H,11-12,21-24H2,1-4H3,(H,37,38). The van der Waals surface area contributed by atoms with E-state index in [4.69, 9.17) is 30.6 Å². The highest BCUT2D eigenvalue weighted by atomic mass is 35.5. The van der Waals surface area contributed by atoms with Gasteiger partial charge in [0, 0.05) is 22.6 Å². The molecule has 0 saturated carbocycles. The number of benzene rings is 3. The van der Waals surface area contributed by atoms with E-state index in [-0.39, 0.29) is 20.1 Å². The number of carboxylic acid groups (broad SMARTS) is 1. The minimum atomic E-state index is -1.40. The van der Waals surface area contributed by atoms with Gasteiger partial charge in [0.25, 0.3) is 0 Å². The summed E-state index contributed by atoms with van der Waals surface area (Å²) < 4.78 is 18.3. The van der Waals surface area contributed by atoms with Gasteiger partial charge in [0.15, 0.2) is 5.54 Å². The second-order valence-corrected chi connectivity index (χ2v) is 11.9. The van der Waals surface area contributed by atoms with Gasteiger partial charge in [-0.25, -0.2) is 4.79 Å². The summed E-state index contributed by atoms with van der Waals surface area (Å²) in [5.74, 6) is -0.345. The van der Waals surface area contributed by atoms with Crippen molar-refractivity contribution in [2.24, 2.45) is 4.99 Å². The summed E-state index contributed by atoms with van der Waals surface area (Å²) >= 11 is 6.01. The second-order valence-electron chi connectivity index (χ2n) is 11.5. The summed E-state index contributed by atoms with van der Waals surface area (Å²) in [7, 11) is -0.319. The molecule has 0 bridgehead atoms. The Hall–Kier alpha value is -3.13. The minimum absolute atomic E-state index is 0.186. The number of aliphatic imine (C=N–C) groups is 1. The van der Waals surface area contributed by atoms with Crippen molar-refractivity contribution < 1.29 is 23.9 Å². The van der Waals surface area contributed by atoms with Crippen molar-refractivity contribution in [1.82, 2.24) is 0 Å². The number of rotatable bonds is 13. The average Bonchev–Trinajstić information content (AvgIpc) is 3.16. The minimum Gasteiger partial charge on any atom is -0.493 e. The van der Waals surface area contributed by atoms with Crippen molar-refractivity contribution >= 4 is 30.4 Å². The Bertz CT molecular complexity index is 1260. The summed E-state index contributed by atoms with van der Waals surface area (Å²) in [5, 5.41) is 11.3. The fraction of sp³-hybridized carbons (Fsp3) is 0.394. The van der Waals surface area contributed by atoms with E-state index in [1.54, 1.807) is 24.3 Å². The third-order valence-corrected chi connectivity index (χ3v) is 8.25. The first-order valence-electron chi connectivity index (χ1n) is 14.2. The van der Waals surface area contributed by atoms with Crippen LogP contribution in [0.15, 0.2) is 89.9 Å². The number of halogens is 1. The van der Waals surface area contributed by atoms with Crippen LogP contribution >= 0.6 is 11.6 Å². The molecule has 1 unspecified atom stereocenters. The van der Waals surface area contributed by atoms with Crippen LogP contribution in [0, 0.1) is 0 Å². The van der Waals surface area contributed by atoms with E-state index >= 15 is 0 Å². The molecule has 0 spiro atoms. The zero-order valence-electron chi connectivity index (χ0n) is 24.3. The van der Waals surface area contributed by atoms with Crippen molar-refractivity contribution in [2.75, 3.05) is 6.61 Å². The third-order valence-electron chi connectivity index (χ3n) is 8.00. The second kappa shape index (κ2) is 13.2. The normalized spacial score (nSPS) is 17.0. The first kappa shape index (κ1) is 30.8. The van der Waals surface area contributed by atoms with Crippen LogP contribution in [0.3, 0.4) is 0 Å². The van der Waals surface area contributed by atoms with Gasteiger partial charge < -0.3 is 19.2 Å². The van der Waals surface area contributed by atoms with Crippen LogP contribution in [0.1, 0.15) is 64.5 Å². The van der Waals surface area contributed by atoms with Crippen molar-refractivity contribution in [3.05, 3.63) is 101 Å². The van der Waals surface area contributed by atoms with Crippen molar-refractivity contribution in [3.8, 4) is 5.75 Å². The molecule has 6 nitrogen and oxygen atoms in total. The van der Waals surface area contributed by atoms with Gasteiger partial charge >= 0.3 is 13.1 Å². The van der Waals surface area contributed by atoms with Crippen molar-refractivity contribution in [3.63, 3.8) is 0 Å². The molecule has 41 heavy (non-hydrogen) atoms. The van der Waals surface area contributed by atoms with Crippen LogP contribution in [0.4, 0.5) is 0 Å². The van der Waals surface area contributed by atoms with Crippen molar-refractivity contribution in [2.45, 2.75) is 76.4 Å². The lowest BCUT2D eigenvalue weighted by Gasteiger charge is -2.32. The predicted octanol–water partition coefficient (Wildman–Crippen LogP) is 7.73. The molecule has 4 rings (SSSR count). The lowest BCUT2D eigenvalue weighted by atomic mass is 9.80. The molecule has 3 aromatic rings. The first-order valence-corrected chi connectivity index (χ1v) is 14.6. The average molecular weight is 576 g/mol. The zero-order chi connectivity index (χ0) is 29.5. The van der Waals surface area contributed by atoms with E-state index in [2.05, 4.69) is 0 Å². The molecule has 1 N–H and O–H groups in total. The summed E-state index contributed by atoms with van der Waals surface area (Å²) in [6.45, 7) is 8.32. The summed E-state index contributed by atoms with van der Waals surface area (Å²) in [5.41, 5.74) is 0.174. The SMILES string of the molecule is CC1(C)OB(CCCCC(CCOc2ccc(Cl)cc2)(N=C(c2ccccc2)c2ccccc2)C(=O)O)OC1(C)C. The van der Waals surface area contributed by atoms with E-state index in [0.29, 0.717) is 35.6 Å². The molecule has 1 fully saturated rings. The maximum Gasteiger partial charge on any atom is 0.457 e. The van der Waals surface area contributed by atoms with Gasteiger partial charge in [-0.3, -0.25) is 4.99 Å². The molecule has 1 heterocycles. The van der Waals surface area contributed by atoms with Crippen LogP contribution < -0.4 is 4.74 Å². The molecule has 1 aliphatic rings. The molecule has 3 aromatic carbocycles. The number of unbranched alkanes of at least 4 members (excludes halogenated alkanes) is 1. The largest absolute Gasteiger partial charge is 0.493 e. The van der Waals surface area contributed by atoms with Gasteiger partial charge in [0.2, 0.25) is 0 Å². The topological polar surface area (TPSA) is 77.4 Å². The Morgan fingerprint density at radius 2 is 1.39 bits per heavy atom. The Labute approximate surface area is 248 Å². The molecular weight excluding hydrogens is 537 g/mol. The fourth-order valence-corrected chi connectivity index (χ4v) is 5.01. The summed E-state index contributed by atoms with van der Waals surface area (Å²) in [6.07, 6.45) is 2.60. The number of hydrogen-bond acceptors (Lipinski definition) is 5. The first-order chi connectivity index (χ1) is 19.5. The summed E-state index contributed by atoms with van der Waals surface area (Å²) in [4.78, 5) is 18.2. The van der Waals surface area contributed by atoms with E-state index in [0.717, 1.165) is 17.5 Å². The highest BCUT2D eigenvalue weighted by Gasteiger charge is 2.50. The lowest BCUT2D eigenvalue weighted by molar-refractivity contribution is -0.144. The molecule has 8 heteroatoms. The number of carbonyl (C=O) groups is 1. The number of nitrogens with zero attached hydrogens (tertiary/aromatic N) is 1. The maximum atomic E-state index is 13.1. The van der Waals surface area contributed by atoms with Crippen LogP contribution in [-0.4, -0.2) is 47.3 Å². The highest BCUT2D eigenvalue weighted by Crippen LogP contribution is 2.38. The zero-order valence-corrected chi connectivity index (χ0v) is 25.1. The van der Waals surface area contributed by atoms with E-state index in [1.807, 2.05) is 88.4 Å². The molecule has 1 aliphatic heterocycles. The van der Waals surface area contributed by atoms with Crippen LogP contribution in [-0.2, 0) is 14.1 Å². The Balaban J connectivity index is 1.59. The highest BCUT2D eigenvalue weighted by molar-refractivity contribution is 6.45. The Kier molecular flexibility index (Phi) is 9.95. The molecule has 216 valence electrons. The van der Waals surface area contributed by atoms with E-state index in [9.17, 15) is 9.90 Å². The Morgan fingerprint density at radius 1 is 0.854 bits per heavy atom. The molecular formula is C33H39BClNO5. The maximum absolute atomic E-state index is 13.1. The lowest BCUT2D eigenvalue weighted by Crippen LogP contribution is -2.41. The molecule has 0 radical (unpaired) electrons. The van der Waals surface area contributed by atoms with Crippen LogP contribution in [0.5, 0.6) is 5.75 Å². The Morgan fingerprint density at radius 3 is 1.90 bits per heavy atom. The summed E-state index contributed by atoms with van der Waals surface area (Å²) in [6, 6.07) is 26.5. The number of hydrogen-bond donors (Lipinski definition) is 1. The quantitative estimate of drug-likeness (QED) is 0.128. The molecule has 0 amide bonds. The smallest absolute Gasteiger partial charge is 0.457 e. The van der Waals surface area contributed by atoms with Gasteiger partial charge in [-0.1, -0.05) is 85.1 Å². The van der Waals surface area contributed by atoms with E-state index in [1.165, 1.54) is 0 Å². The number of aliphatic carboxylic acids is 1. The van der Waals surface area contributed by atoms with Crippen LogP contribution in [0.25, 0.3) is 0 Å². The molecule has 0 aromatic heterocycles. The molecule has 0 aliphatic carbocycles. The monoisotopic (exact) mass is 575 g/mol. The van der Waals surface area contributed by atoms with Gasteiger partial charge in [-0.15, -0.1) is 0 Å². The fourth-order valence-electron chi connectivity index (χ4n) is 4.88.